The molecule has 1 amide bonds. The van der Waals surface area contributed by atoms with Crippen LogP contribution in [0.4, 0.5) is 0 Å². The molecule has 0 radical (unpaired) electrons. The average Bonchev–Trinajstić information content (AvgIpc) is 3.09. The molecule has 1 heterocycles. The number of carbonyl (C=O) groups excluding carboxylic acids is 1. The van der Waals surface area contributed by atoms with Crippen molar-refractivity contribution in [3.05, 3.63) is 41.3 Å². The first-order valence-corrected chi connectivity index (χ1v) is 9.24. The number of amides is 1. The molecule has 0 bridgehead atoms. The third-order valence-electron chi connectivity index (χ3n) is 4.56. The normalized spacial score (nSPS) is 20.6. The SMILES string of the molecule is COc1ccc(-c2ccc(CNC(=O)C3CCCC(N)C3)s2)cc1. The molecule has 1 aromatic heterocycles. The summed E-state index contributed by atoms with van der Waals surface area (Å²) in [6.07, 6.45) is 3.87. The highest BCUT2D eigenvalue weighted by Crippen LogP contribution is 2.29. The number of ether oxygens (including phenoxy) is 1. The molecule has 3 rings (SSSR count). The van der Waals surface area contributed by atoms with Gasteiger partial charge in [-0.2, -0.15) is 0 Å². The zero-order chi connectivity index (χ0) is 16.9. The van der Waals surface area contributed by atoms with Gasteiger partial charge >= 0.3 is 0 Å². The van der Waals surface area contributed by atoms with Crippen molar-refractivity contribution in [1.82, 2.24) is 5.32 Å². The Bertz CT molecular complexity index is 681. The molecule has 1 aromatic carbocycles. The zero-order valence-corrected chi connectivity index (χ0v) is 14.8. The van der Waals surface area contributed by atoms with E-state index >= 15 is 0 Å². The number of hydrogen-bond acceptors (Lipinski definition) is 4. The number of carbonyl (C=O) groups is 1. The first-order valence-electron chi connectivity index (χ1n) is 8.42. The highest BCUT2D eigenvalue weighted by atomic mass is 32.1. The summed E-state index contributed by atoms with van der Waals surface area (Å²) in [6.45, 7) is 0.589. The lowest BCUT2D eigenvalue weighted by molar-refractivity contribution is -0.126. The number of rotatable bonds is 5. The van der Waals surface area contributed by atoms with Gasteiger partial charge in [-0.1, -0.05) is 6.42 Å². The van der Waals surface area contributed by atoms with Crippen molar-refractivity contribution in [2.45, 2.75) is 38.3 Å². The van der Waals surface area contributed by atoms with Crippen molar-refractivity contribution < 1.29 is 9.53 Å². The lowest BCUT2D eigenvalue weighted by atomic mass is 9.85. The Morgan fingerprint density at radius 2 is 2.04 bits per heavy atom. The minimum atomic E-state index is 0.0785. The van der Waals surface area contributed by atoms with E-state index in [2.05, 4.69) is 29.6 Å². The Kier molecular flexibility index (Phi) is 5.53. The molecule has 4 nitrogen and oxygen atoms in total. The summed E-state index contributed by atoms with van der Waals surface area (Å²) >= 11 is 1.71. The Morgan fingerprint density at radius 1 is 1.25 bits per heavy atom. The Hall–Kier alpha value is -1.85. The maximum atomic E-state index is 12.3. The lowest BCUT2D eigenvalue weighted by Gasteiger charge is -2.25. The van der Waals surface area contributed by atoms with Crippen molar-refractivity contribution in [2.75, 3.05) is 7.11 Å². The van der Waals surface area contributed by atoms with Crippen LogP contribution in [-0.2, 0) is 11.3 Å². The zero-order valence-electron chi connectivity index (χ0n) is 14.0. The summed E-state index contributed by atoms with van der Waals surface area (Å²) in [6, 6.07) is 12.4. The second-order valence-electron chi connectivity index (χ2n) is 6.34. The van der Waals surface area contributed by atoms with E-state index in [0.29, 0.717) is 6.54 Å². The van der Waals surface area contributed by atoms with E-state index in [4.69, 9.17) is 10.5 Å². The van der Waals surface area contributed by atoms with Crippen LogP contribution >= 0.6 is 11.3 Å². The predicted octanol–water partition coefficient (Wildman–Crippen LogP) is 3.56. The van der Waals surface area contributed by atoms with Crippen molar-refractivity contribution in [3.63, 3.8) is 0 Å². The van der Waals surface area contributed by atoms with Gasteiger partial charge < -0.3 is 15.8 Å². The van der Waals surface area contributed by atoms with Crippen LogP contribution in [0.3, 0.4) is 0 Å². The molecule has 2 unspecified atom stereocenters. The maximum absolute atomic E-state index is 12.3. The molecule has 2 atom stereocenters. The first-order chi connectivity index (χ1) is 11.7. The van der Waals surface area contributed by atoms with Gasteiger partial charge in [-0.15, -0.1) is 11.3 Å². The fourth-order valence-corrected chi connectivity index (χ4v) is 4.12. The molecule has 0 saturated heterocycles. The lowest BCUT2D eigenvalue weighted by Crippen LogP contribution is -2.37. The highest BCUT2D eigenvalue weighted by molar-refractivity contribution is 7.15. The summed E-state index contributed by atoms with van der Waals surface area (Å²) < 4.78 is 5.19. The van der Waals surface area contributed by atoms with Crippen LogP contribution in [0.25, 0.3) is 10.4 Å². The van der Waals surface area contributed by atoms with Gasteiger partial charge in [0.25, 0.3) is 0 Å². The topological polar surface area (TPSA) is 64.3 Å². The Labute approximate surface area is 147 Å². The number of hydrogen-bond donors (Lipinski definition) is 2. The highest BCUT2D eigenvalue weighted by Gasteiger charge is 2.25. The van der Waals surface area contributed by atoms with Crippen molar-refractivity contribution in [1.29, 1.82) is 0 Å². The quantitative estimate of drug-likeness (QED) is 0.872. The minimum absolute atomic E-state index is 0.0785. The molecule has 2 aromatic rings. The molecule has 3 N–H and O–H groups in total. The van der Waals surface area contributed by atoms with Gasteiger partial charge in [0.1, 0.15) is 5.75 Å². The van der Waals surface area contributed by atoms with E-state index in [1.807, 2.05) is 12.1 Å². The smallest absolute Gasteiger partial charge is 0.223 e. The van der Waals surface area contributed by atoms with E-state index in [-0.39, 0.29) is 17.9 Å². The van der Waals surface area contributed by atoms with Gasteiger partial charge in [-0.05, 0) is 61.2 Å². The van der Waals surface area contributed by atoms with E-state index in [9.17, 15) is 4.79 Å². The van der Waals surface area contributed by atoms with Crippen LogP contribution in [0.5, 0.6) is 5.75 Å². The van der Waals surface area contributed by atoms with Crippen molar-refractivity contribution >= 4 is 17.2 Å². The van der Waals surface area contributed by atoms with Crippen LogP contribution in [0.1, 0.15) is 30.6 Å². The molecule has 1 aliphatic carbocycles. The molecular formula is C19H24N2O2S. The maximum Gasteiger partial charge on any atom is 0.223 e. The van der Waals surface area contributed by atoms with E-state index < -0.39 is 0 Å². The molecular weight excluding hydrogens is 320 g/mol. The number of benzene rings is 1. The fourth-order valence-electron chi connectivity index (χ4n) is 3.17. The molecule has 5 heteroatoms. The number of nitrogens with one attached hydrogen (secondary N) is 1. The Balaban J connectivity index is 1.56. The van der Waals surface area contributed by atoms with Crippen molar-refractivity contribution in [2.24, 2.45) is 11.7 Å². The summed E-state index contributed by atoms with van der Waals surface area (Å²) in [4.78, 5) is 14.6. The summed E-state index contributed by atoms with van der Waals surface area (Å²) in [5.41, 5.74) is 7.14. The van der Waals surface area contributed by atoms with Gasteiger partial charge in [0, 0.05) is 21.7 Å². The fraction of sp³-hybridized carbons (Fsp3) is 0.421. The van der Waals surface area contributed by atoms with Crippen LogP contribution in [-0.4, -0.2) is 19.1 Å². The third kappa shape index (κ3) is 4.16. The molecule has 128 valence electrons. The van der Waals surface area contributed by atoms with E-state index in [1.54, 1.807) is 18.4 Å². The second-order valence-corrected chi connectivity index (χ2v) is 7.50. The number of nitrogens with two attached hydrogens (primary N) is 1. The molecule has 1 saturated carbocycles. The monoisotopic (exact) mass is 344 g/mol. The number of thiophene rings is 1. The van der Waals surface area contributed by atoms with Gasteiger partial charge in [0.05, 0.1) is 13.7 Å². The summed E-state index contributed by atoms with van der Waals surface area (Å²) in [5.74, 6) is 1.08. The van der Waals surface area contributed by atoms with Crippen LogP contribution in [0.15, 0.2) is 36.4 Å². The molecule has 1 fully saturated rings. The van der Waals surface area contributed by atoms with E-state index in [0.717, 1.165) is 41.9 Å². The third-order valence-corrected chi connectivity index (χ3v) is 5.69. The summed E-state index contributed by atoms with van der Waals surface area (Å²) in [7, 11) is 1.67. The largest absolute Gasteiger partial charge is 0.497 e. The molecule has 24 heavy (non-hydrogen) atoms. The van der Waals surface area contributed by atoms with Gasteiger partial charge in [-0.25, -0.2) is 0 Å². The van der Waals surface area contributed by atoms with Gasteiger partial charge in [-0.3, -0.25) is 4.79 Å². The molecule has 0 spiro atoms. The molecule has 1 aliphatic rings. The first kappa shape index (κ1) is 17.0. The average molecular weight is 344 g/mol. The second kappa shape index (κ2) is 7.81. The summed E-state index contributed by atoms with van der Waals surface area (Å²) in [5, 5.41) is 3.07. The predicted molar refractivity (Wildman–Crippen MR) is 98.1 cm³/mol. The van der Waals surface area contributed by atoms with Crippen LogP contribution < -0.4 is 15.8 Å². The van der Waals surface area contributed by atoms with E-state index in [1.165, 1.54) is 4.88 Å². The standard InChI is InChI=1S/C19H24N2O2S/c1-23-16-7-5-13(6-8-16)18-10-9-17(24-18)12-21-19(22)14-3-2-4-15(20)11-14/h5-10,14-15H,2-4,11-12,20H2,1H3,(H,21,22). The van der Waals surface area contributed by atoms with Crippen LogP contribution in [0.2, 0.25) is 0 Å². The van der Waals surface area contributed by atoms with Gasteiger partial charge in [0.15, 0.2) is 0 Å². The molecule has 0 aliphatic heterocycles. The van der Waals surface area contributed by atoms with Crippen molar-refractivity contribution in [3.8, 4) is 16.2 Å². The Morgan fingerprint density at radius 3 is 2.75 bits per heavy atom. The minimum Gasteiger partial charge on any atom is -0.497 e. The van der Waals surface area contributed by atoms with Crippen LogP contribution in [0, 0.1) is 5.92 Å². The van der Waals surface area contributed by atoms with Gasteiger partial charge in [0.2, 0.25) is 5.91 Å². The number of methoxy groups -OCH3 is 1.